The van der Waals surface area contributed by atoms with E-state index in [0.717, 1.165) is 22.6 Å². The molecule has 0 saturated carbocycles. The van der Waals surface area contributed by atoms with Crippen LogP contribution < -0.4 is 9.47 Å². The van der Waals surface area contributed by atoms with E-state index in [2.05, 4.69) is 0 Å². The molecule has 8 heteroatoms. The molecule has 0 spiro atoms. The summed E-state index contributed by atoms with van der Waals surface area (Å²) in [5.74, 6) is 1.79. The van der Waals surface area contributed by atoms with Gasteiger partial charge >= 0.3 is 0 Å². The fourth-order valence-corrected chi connectivity index (χ4v) is 4.34. The first-order valence-corrected chi connectivity index (χ1v) is 12.4. The Kier molecular flexibility index (Phi) is 9.90. The van der Waals surface area contributed by atoms with Crippen LogP contribution in [0.3, 0.4) is 0 Å². The molecule has 1 saturated heterocycles. The highest BCUT2D eigenvalue weighted by Crippen LogP contribution is 2.23. The number of rotatable bonds is 10. The Bertz CT molecular complexity index is 911. The van der Waals surface area contributed by atoms with Crippen LogP contribution in [-0.4, -0.2) is 61.0 Å². The molecule has 3 rings (SSSR count). The molecule has 2 amide bonds. The third-order valence-corrected chi connectivity index (χ3v) is 6.31. The van der Waals surface area contributed by atoms with Gasteiger partial charge in [0.05, 0.1) is 13.2 Å². The van der Waals surface area contributed by atoms with Crippen molar-refractivity contribution in [2.75, 3.05) is 39.4 Å². The highest BCUT2D eigenvalue weighted by atomic mass is 35.5. The van der Waals surface area contributed by atoms with E-state index in [1.165, 1.54) is 0 Å². The monoisotopic (exact) mass is 506 g/mol. The van der Waals surface area contributed by atoms with E-state index in [-0.39, 0.29) is 11.8 Å². The van der Waals surface area contributed by atoms with Crippen molar-refractivity contribution in [2.45, 2.75) is 39.5 Å². The summed E-state index contributed by atoms with van der Waals surface area (Å²) in [6.07, 6.45) is 2.16. The van der Waals surface area contributed by atoms with Crippen LogP contribution in [0, 0.1) is 13.8 Å². The van der Waals surface area contributed by atoms with E-state index in [1.807, 2.05) is 47.9 Å². The van der Waals surface area contributed by atoms with Gasteiger partial charge in [-0.2, -0.15) is 0 Å². The molecule has 2 aromatic carbocycles. The third kappa shape index (κ3) is 7.81. The Hall–Kier alpha value is -2.44. The van der Waals surface area contributed by atoms with Crippen LogP contribution in [0.15, 0.2) is 36.4 Å². The van der Waals surface area contributed by atoms with Gasteiger partial charge in [0.2, 0.25) is 11.8 Å². The molecule has 0 aliphatic carbocycles. The highest BCUT2D eigenvalue weighted by Gasteiger charge is 2.23. The molecule has 0 unspecified atom stereocenters. The summed E-state index contributed by atoms with van der Waals surface area (Å²) in [5, 5.41) is 1.36. The van der Waals surface area contributed by atoms with Gasteiger partial charge in [0, 0.05) is 49.1 Å². The summed E-state index contributed by atoms with van der Waals surface area (Å²) in [7, 11) is 0. The minimum atomic E-state index is 0.107. The van der Waals surface area contributed by atoms with Crippen molar-refractivity contribution >= 4 is 35.0 Å². The topological polar surface area (TPSA) is 59.1 Å². The molecule has 1 heterocycles. The van der Waals surface area contributed by atoms with Gasteiger partial charge in [0.25, 0.3) is 0 Å². The average molecular weight is 507 g/mol. The number of hydrogen-bond donors (Lipinski definition) is 0. The molecule has 0 aromatic heterocycles. The molecule has 184 valence electrons. The van der Waals surface area contributed by atoms with Crippen LogP contribution in [0.1, 0.15) is 36.8 Å². The standard InChI is InChI=1S/C26H32Cl2N2O4/c1-19-17-21(27)7-9-23(19)33-15-3-5-25(31)29-11-13-30(14-12-29)26(32)6-4-16-34-24-10-8-22(28)18-20(24)2/h7-10,17-18H,3-6,11-16H2,1-2H3. The van der Waals surface area contributed by atoms with Crippen molar-refractivity contribution in [3.05, 3.63) is 57.6 Å². The molecule has 1 aliphatic heterocycles. The number of piperazine rings is 1. The smallest absolute Gasteiger partial charge is 0.222 e. The number of amides is 2. The molecule has 0 bridgehead atoms. The zero-order valence-electron chi connectivity index (χ0n) is 19.8. The van der Waals surface area contributed by atoms with Crippen molar-refractivity contribution in [1.29, 1.82) is 0 Å². The summed E-state index contributed by atoms with van der Waals surface area (Å²) in [4.78, 5) is 28.7. The summed E-state index contributed by atoms with van der Waals surface area (Å²) in [5.41, 5.74) is 1.96. The van der Waals surface area contributed by atoms with Crippen LogP contribution in [0.2, 0.25) is 10.0 Å². The third-order valence-electron chi connectivity index (χ3n) is 5.84. The highest BCUT2D eigenvalue weighted by molar-refractivity contribution is 6.31. The summed E-state index contributed by atoms with van der Waals surface area (Å²) in [6, 6.07) is 11.0. The molecule has 1 aliphatic rings. The van der Waals surface area contributed by atoms with Gasteiger partial charge in [0.15, 0.2) is 0 Å². The Morgan fingerprint density at radius 2 is 1.12 bits per heavy atom. The van der Waals surface area contributed by atoms with Crippen molar-refractivity contribution in [3.63, 3.8) is 0 Å². The van der Waals surface area contributed by atoms with Gasteiger partial charge in [-0.05, 0) is 74.2 Å². The molecule has 2 aromatic rings. The second-order valence-electron chi connectivity index (χ2n) is 8.49. The summed E-state index contributed by atoms with van der Waals surface area (Å²) < 4.78 is 11.5. The SMILES string of the molecule is Cc1cc(Cl)ccc1OCCCC(=O)N1CCN(C(=O)CCCOc2ccc(Cl)cc2C)CC1. The van der Waals surface area contributed by atoms with Crippen molar-refractivity contribution in [1.82, 2.24) is 9.80 Å². The first-order chi connectivity index (χ1) is 16.3. The van der Waals surface area contributed by atoms with E-state index in [4.69, 9.17) is 32.7 Å². The fraction of sp³-hybridized carbons (Fsp3) is 0.462. The Morgan fingerprint density at radius 3 is 1.47 bits per heavy atom. The van der Waals surface area contributed by atoms with Gasteiger partial charge in [0.1, 0.15) is 11.5 Å². The van der Waals surface area contributed by atoms with Gasteiger partial charge in [-0.25, -0.2) is 0 Å². The largest absolute Gasteiger partial charge is 0.493 e. The number of ether oxygens (including phenoxy) is 2. The number of aryl methyl sites for hydroxylation is 2. The first-order valence-electron chi connectivity index (χ1n) is 11.7. The van der Waals surface area contributed by atoms with Crippen molar-refractivity contribution < 1.29 is 19.1 Å². The maximum atomic E-state index is 12.5. The number of carbonyl (C=O) groups excluding carboxylic acids is 2. The molecule has 0 atom stereocenters. The number of halogens is 2. The van der Waals surface area contributed by atoms with E-state index in [0.29, 0.717) is 75.1 Å². The first kappa shape index (κ1) is 26.2. The molecule has 6 nitrogen and oxygen atoms in total. The minimum absolute atomic E-state index is 0.107. The number of carbonyl (C=O) groups is 2. The Balaban J connectivity index is 1.29. The number of benzene rings is 2. The summed E-state index contributed by atoms with van der Waals surface area (Å²) in [6.45, 7) is 7.13. The molecule has 0 N–H and O–H groups in total. The quantitative estimate of drug-likeness (QED) is 0.410. The van der Waals surface area contributed by atoms with Gasteiger partial charge < -0.3 is 19.3 Å². The minimum Gasteiger partial charge on any atom is -0.493 e. The van der Waals surface area contributed by atoms with E-state index in [1.54, 1.807) is 12.1 Å². The molecular weight excluding hydrogens is 475 g/mol. The second-order valence-corrected chi connectivity index (χ2v) is 9.36. The van der Waals surface area contributed by atoms with Crippen LogP contribution in [0.5, 0.6) is 11.5 Å². The Morgan fingerprint density at radius 1 is 0.735 bits per heavy atom. The lowest BCUT2D eigenvalue weighted by Gasteiger charge is -2.35. The number of hydrogen-bond acceptors (Lipinski definition) is 4. The molecular formula is C26H32Cl2N2O4. The van der Waals surface area contributed by atoms with E-state index in [9.17, 15) is 9.59 Å². The van der Waals surface area contributed by atoms with E-state index >= 15 is 0 Å². The van der Waals surface area contributed by atoms with Crippen LogP contribution in [-0.2, 0) is 9.59 Å². The predicted molar refractivity (Wildman–Crippen MR) is 135 cm³/mol. The van der Waals surface area contributed by atoms with Crippen molar-refractivity contribution in [3.8, 4) is 11.5 Å². The second kappa shape index (κ2) is 12.9. The van der Waals surface area contributed by atoms with Crippen LogP contribution in [0.4, 0.5) is 0 Å². The Labute approximate surface area is 211 Å². The lowest BCUT2D eigenvalue weighted by atomic mass is 10.2. The van der Waals surface area contributed by atoms with Crippen LogP contribution >= 0.6 is 23.2 Å². The lowest BCUT2D eigenvalue weighted by Crippen LogP contribution is -2.50. The van der Waals surface area contributed by atoms with Gasteiger partial charge in [-0.1, -0.05) is 23.2 Å². The molecule has 34 heavy (non-hydrogen) atoms. The molecule has 0 radical (unpaired) electrons. The van der Waals surface area contributed by atoms with Crippen LogP contribution in [0.25, 0.3) is 0 Å². The zero-order chi connectivity index (χ0) is 24.5. The normalized spacial score (nSPS) is 13.6. The molecule has 1 fully saturated rings. The fourth-order valence-electron chi connectivity index (χ4n) is 3.88. The van der Waals surface area contributed by atoms with Crippen molar-refractivity contribution in [2.24, 2.45) is 0 Å². The van der Waals surface area contributed by atoms with Gasteiger partial charge in [-0.3, -0.25) is 9.59 Å². The zero-order valence-corrected chi connectivity index (χ0v) is 21.3. The van der Waals surface area contributed by atoms with E-state index < -0.39 is 0 Å². The summed E-state index contributed by atoms with van der Waals surface area (Å²) >= 11 is 11.9. The number of nitrogens with zero attached hydrogens (tertiary/aromatic N) is 2. The van der Waals surface area contributed by atoms with Gasteiger partial charge in [-0.15, -0.1) is 0 Å². The maximum Gasteiger partial charge on any atom is 0.222 e. The lowest BCUT2D eigenvalue weighted by molar-refractivity contribution is -0.139. The predicted octanol–water partition coefficient (Wildman–Crippen LogP) is 5.30. The maximum absolute atomic E-state index is 12.5. The average Bonchev–Trinajstić information content (AvgIpc) is 2.81.